The van der Waals surface area contributed by atoms with Crippen molar-refractivity contribution in [2.75, 3.05) is 11.9 Å². The van der Waals surface area contributed by atoms with E-state index in [1.165, 1.54) is 12.1 Å². The number of hydrogen-bond acceptors (Lipinski definition) is 3. The first kappa shape index (κ1) is 15.1. The van der Waals surface area contributed by atoms with Gasteiger partial charge in [-0.3, -0.25) is 10.1 Å². The van der Waals surface area contributed by atoms with Crippen molar-refractivity contribution in [1.29, 1.82) is 0 Å². The summed E-state index contributed by atoms with van der Waals surface area (Å²) in [5, 5.41) is 14.6. The number of hydrogen-bond donors (Lipinski definition) is 1. The third-order valence-electron chi connectivity index (χ3n) is 2.81. The normalized spacial score (nSPS) is 10.3. The summed E-state index contributed by atoms with van der Waals surface area (Å²) in [6.07, 6.45) is 0.802. The van der Waals surface area contributed by atoms with Crippen LogP contribution in [-0.4, -0.2) is 11.5 Å². The molecule has 0 aliphatic rings. The maximum absolute atomic E-state index is 10.6. The summed E-state index contributed by atoms with van der Waals surface area (Å²) in [6.45, 7) is 0.759. The number of halogens is 2. The molecule has 104 valence electrons. The Kier molecular flexibility index (Phi) is 5.19. The number of nitro groups is 1. The third kappa shape index (κ3) is 4.08. The number of anilines is 1. The van der Waals surface area contributed by atoms with E-state index >= 15 is 0 Å². The Bertz CT molecular complexity index is 617. The maximum Gasteiger partial charge on any atom is 0.269 e. The van der Waals surface area contributed by atoms with Crippen molar-refractivity contribution in [3.63, 3.8) is 0 Å². The van der Waals surface area contributed by atoms with Gasteiger partial charge in [0.05, 0.1) is 4.92 Å². The summed E-state index contributed by atoms with van der Waals surface area (Å²) in [7, 11) is 0. The number of nitrogens with zero attached hydrogens (tertiary/aromatic N) is 1. The zero-order chi connectivity index (χ0) is 14.5. The molecule has 0 unspecified atom stereocenters. The van der Waals surface area contributed by atoms with Crippen LogP contribution in [0, 0.1) is 13.7 Å². The third-order valence-corrected chi connectivity index (χ3v) is 3.94. The van der Waals surface area contributed by atoms with Gasteiger partial charge in [-0.25, -0.2) is 0 Å². The van der Waals surface area contributed by atoms with Gasteiger partial charge < -0.3 is 5.32 Å². The van der Waals surface area contributed by atoms with Crippen LogP contribution in [0.1, 0.15) is 5.56 Å². The quantitative estimate of drug-likeness (QED) is 0.455. The molecule has 2 rings (SSSR count). The smallest absolute Gasteiger partial charge is 0.269 e. The maximum atomic E-state index is 10.6. The Morgan fingerprint density at radius 1 is 1.20 bits per heavy atom. The van der Waals surface area contributed by atoms with Crippen LogP contribution in [0.25, 0.3) is 0 Å². The van der Waals surface area contributed by atoms with Crippen LogP contribution >= 0.6 is 34.2 Å². The van der Waals surface area contributed by atoms with E-state index < -0.39 is 4.92 Å². The van der Waals surface area contributed by atoms with Gasteiger partial charge in [-0.2, -0.15) is 0 Å². The van der Waals surface area contributed by atoms with Crippen LogP contribution in [0.2, 0.25) is 5.02 Å². The highest BCUT2D eigenvalue weighted by atomic mass is 127. The topological polar surface area (TPSA) is 55.2 Å². The van der Waals surface area contributed by atoms with E-state index in [9.17, 15) is 10.1 Å². The Labute approximate surface area is 135 Å². The van der Waals surface area contributed by atoms with Crippen LogP contribution in [0.4, 0.5) is 11.4 Å². The molecule has 6 heteroatoms. The fraction of sp³-hybridized carbons (Fsp3) is 0.143. The minimum atomic E-state index is -0.391. The van der Waals surface area contributed by atoms with Crippen LogP contribution in [0.3, 0.4) is 0 Å². The molecule has 4 nitrogen and oxygen atoms in total. The molecule has 0 aromatic heterocycles. The Morgan fingerprint density at radius 3 is 2.50 bits per heavy atom. The summed E-state index contributed by atoms with van der Waals surface area (Å²) in [5.74, 6) is 0. The molecular formula is C14H12ClIN2O2. The first-order valence-corrected chi connectivity index (χ1v) is 7.44. The standard InChI is InChI=1S/C14H12ClIN2O2/c15-11-3-6-14(13(16)9-11)17-8-7-10-1-4-12(5-2-10)18(19)20/h1-6,9,17H,7-8H2. The number of nitro benzene ring substituents is 1. The zero-order valence-electron chi connectivity index (χ0n) is 10.5. The summed E-state index contributed by atoms with van der Waals surface area (Å²) in [4.78, 5) is 10.2. The molecule has 0 aliphatic carbocycles. The van der Waals surface area contributed by atoms with Gasteiger partial charge in [-0.1, -0.05) is 23.7 Å². The zero-order valence-corrected chi connectivity index (χ0v) is 13.4. The average molecular weight is 403 g/mol. The Balaban J connectivity index is 1.91. The van der Waals surface area contributed by atoms with Crippen molar-refractivity contribution in [2.24, 2.45) is 0 Å². The number of rotatable bonds is 5. The molecule has 0 fully saturated rings. The largest absolute Gasteiger partial charge is 0.384 e. The average Bonchev–Trinajstić information content (AvgIpc) is 2.42. The lowest BCUT2D eigenvalue weighted by atomic mass is 10.1. The van der Waals surface area contributed by atoms with E-state index in [0.717, 1.165) is 32.8 Å². The van der Waals surface area contributed by atoms with Crippen molar-refractivity contribution >= 4 is 45.6 Å². The Morgan fingerprint density at radius 2 is 1.90 bits per heavy atom. The predicted molar refractivity (Wildman–Crippen MR) is 89.5 cm³/mol. The number of benzene rings is 2. The van der Waals surface area contributed by atoms with E-state index in [4.69, 9.17) is 11.6 Å². The molecule has 0 atom stereocenters. The van der Waals surface area contributed by atoms with Crippen molar-refractivity contribution in [2.45, 2.75) is 6.42 Å². The first-order valence-electron chi connectivity index (χ1n) is 5.98. The minimum absolute atomic E-state index is 0.119. The summed E-state index contributed by atoms with van der Waals surface area (Å²) >= 11 is 8.13. The molecular weight excluding hydrogens is 391 g/mol. The predicted octanol–water partition coefficient (Wildman–Crippen LogP) is 4.51. The van der Waals surface area contributed by atoms with Crippen LogP contribution < -0.4 is 5.32 Å². The molecule has 0 saturated heterocycles. The monoisotopic (exact) mass is 402 g/mol. The first-order chi connectivity index (χ1) is 9.56. The van der Waals surface area contributed by atoms with Crippen LogP contribution in [-0.2, 0) is 6.42 Å². The fourth-order valence-electron chi connectivity index (χ4n) is 1.76. The van der Waals surface area contributed by atoms with Gasteiger partial charge in [0.1, 0.15) is 0 Å². The molecule has 1 N–H and O–H groups in total. The van der Waals surface area contributed by atoms with Gasteiger partial charge >= 0.3 is 0 Å². The molecule has 0 heterocycles. The van der Waals surface area contributed by atoms with Crippen LogP contribution in [0.15, 0.2) is 42.5 Å². The molecule has 0 bridgehead atoms. The number of nitrogens with one attached hydrogen (secondary N) is 1. The molecule has 0 aliphatic heterocycles. The molecule has 2 aromatic carbocycles. The highest BCUT2D eigenvalue weighted by Crippen LogP contribution is 2.22. The van der Waals surface area contributed by atoms with Gasteiger partial charge in [-0.05, 0) is 52.8 Å². The minimum Gasteiger partial charge on any atom is -0.384 e. The van der Waals surface area contributed by atoms with E-state index in [0.29, 0.717) is 0 Å². The lowest BCUT2D eigenvalue weighted by Gasteiger charge is -2.08. The summed E-state index contributed by atoms with van der Waals surface area (Å²) < 4.78 is 1.07. The highest BCUT2D eigenvalue weighted by molar-refractivity contribution is 14.1. The second-order valence-corrected chi connectivity index (χ2v) is 5.82. The fourth-order valence-corrected chi connectivity index (χ4v) is 2.82. The SMILES string of the molecule is O=[N+]([O-])c1ccc(CCNc2ccc(Cl)cc2I)cc1. The summed E-state index contributed by atoms with van der Waals surface area (Å²) in [6, 6.07) is 12.3. The summed E-state index contributed by atoms with van der Waals surface area (Å²) in [5.41, 5.74) is 2.22. The lowest BCUT2D eigenvalue weighted by Crippen LogP contribution is -2.06. The van der Waals surface area contributed by atoms with Gasteiger partial charge in [-0.15, -0.1) is 0 Å². The van der Waals surface area contributed by atoms with Gasteiger partial charge in [0.25, 0.3) is 5.69 Å². The van der Waals surface area contributed by atoms with Gasteiger partial charge in [0.2, 0.25) is 0 Å². The molecule has 0 radical (unpaired) electrons. The highest BCUT2D eigenvalue weighted by Gasteiger charge is 2.04. The van der Waals surface area contributed by atoms with E-state index in [1.54, 1.807) is 12.1 Å². The van der Waals surface area contributed by atoms with Crippen molar-refractivity contribution < 1.29 is 4.92 Å². The number of non-ortho nitro benzene ring substituents is 1. The van der Waals surface area contributed by atoms with Gasteiger partial charge in [0, 0.05) is 33.0 Å². The van der Waals surface area contributed by atoms with E-state index in [1.807, 2.05) is 18.2 Å². The Hall–Kier alpha value is -1.34. The van der Waals surface area contributed by atoms with E-state index in [-0.39, 0.29) is 5.69 Å². The second kappa shape index (κ2) is 6.90. The van der Waals surface area contributed by atoms with Gasteiger partial charge in [0.15, 0.2) is 0 Å². The molecule has 0 spiro atoms. The molecule has 0 saturated carbocycles. The lowest BCUT2D eigenvalue weighted by molar-refractivity contribution is -0.384. The molecule has 2 aromatic rings. The molecule has 20 heavy (non-hydrogen) atoms. The molecule has 0 amide bonds. The van der Waals surface area contributed by atoms with Crippen molar-refractivity contribution in [3.05, 3.63) is 66.7 Å². The van der Waals surface area contributed by atoms with Crippen molar-refractivity contribution in [3.8, 4) is 0 Å². The van der Waals surface area contributed by atoms with Crippen LogP contribution in [0.5, 0.6) is 0 Å². The van der Waals surface area contributed by atoms with E-state index in [2.05, 4.69) is 27.9 Å². The second-order valence-electron chi connectivity index (χ2n) is 4.22. The van der Waals surface area contributed by atoms with Crippen molar-refractivity contribution in [1.82, 2.24) is 0 Å².